The van der Waals surface area contributed by atoms with Crippen LogP contribution in [-0.4, -0.2) is 29.4 Å². The normalized spacial score (nSPS) is 23.1. The van der Waals surface area contributed by atoms with Crippen LogP contribution >= 0.6 is 0 Å². The number of hydrogen-bond acceptors (Lipinski definition) is 2. The number of para-hydroxylation sites is 1. The van der Waals surface area contributed by atoms with Gasteiger partial charge in [-0.25, -0.2) is 4.79 Å². The van der Waals surface area contributed by atoms with E-state index in [2.05, 4.69) is 5.32 Å². The van der Waals surface area contributed by atoms with Gasteiger partial charge in [-0.1, -0.05) is 63.1 Å². The predicted octanol–water partition coefficient (Wildman–Crippen LogP) is 4.93. The number of anilines is 1. The Balaban J connectivity index is 1.66. The first-order valence-corrected chi connectivity index (χ1v) is 11.1. The Labute approximate surface area is 169 Å². The van der Waals surface area contributed by atoms with Crippen molar-refractivity contribution in [3.8, 4) is 0 Å². The maximum Gasteiger partial charge on any atom is 0.322 e. The summed E-state index contributed by atoms with van der Waals surface area (Å²) in [6, 6.07) is 9.36. The first-order valence-electron chi connectivity index (χ1n) is 11.1. The molecular weight excluding hydrogens is 350 g/mol. The molecule has 2 unspecified atom stereocenters. The first kappa shape index (κ1) is 20.7. The third kappa shape index (κ3) is 5.73. The maximum absolute atomic E-state index is 13.1. The summed E-state index contributed by atoms with van der Waals surface area (Å²) in [6.45, 7) is 0.698. The van der Waals surface area contributed by atoms with Gasteiger partial charge in [0.05, 0.1) is 5.92 Å². The lowest BCUT2D eigenvalue weighted by molar-refractivity contribution is -0.124. The molecule has 0 radical (unpaired) electrons. The average Bonchev–Trinajstić information content (AvgIpc) is 2.72. The van der Waals surface area contributed by atoms with Gasteiger partial charge in [0, 0.05) is 18.3 Å². The fraction of sp³-hybridized carbons (Fsp3) is 0.652. The zero-order chi connectivity index (χ0) is 19.8. The second-order valence-electron chi connectivity index (χ2n) is 8.50. The standard InChI is InChI=1S/C23H35N3O2/c24-22(27)20-15-7-8-16-21(20)26(17-9-12-18-10-3-1-4-11-18)23(28)25-19-13-5-2-6-14-19/h2,5-6,13-14,18,20-21H,1,3-4,7-12,15-17H2,(H2,24,27)(H,25,28). The van der Waals surface area contributed by atoms with E-state index in [1.54, 1.807) is 0 Å². The van der Waals surface area contributed by atoms with Gasteiger partial charge >= 0.3 is 6.03 Å². The van der Waals surface area contributed by atoms with E-state index < -0.39 is 0 Å². The molecule has 28 heavy (non-hydrogen) atoms. The number of primary amides is 1. The number of nitrogens with zero attached hydrogens (tertiary/aromatic N) is 1. The first-order chi connectivity index (χ1) is 13.6. The molecule has 1 aromatic carbocycles. The Bertz CT molecular complexity index is 628. The van der Waals surface area contributed by atoms with Crippen molar-refractivity contribution in [2.45, 2.75) is 76.7 Å². The Hall–Kier alpha value is -2.04. The van der Waals surface area contributed by atoms with Crippen LogP contribution in [0.1, 0.15) is 70.6 Å². The summed E-state index contributed by atoms with van der Waals surface area (Å²) in [4.78, 5) is 27.1. The van der Waals surface area contributed by atoms with Gasteiger partial charge < -0.3 is 16.0 Å². The highest BCUT2D eigenvalue weighted by Gasteiger charge is 2.36. The van der Waals surface area contributed by atoms with Crippen LogP contribution in [-0.2, 0) is 4.79 Å². The van der Waals surface area contributed by atoms with E-state index in [4.69, 9.17) is 5.73 Å². The average molecular weight is 386 g/mol. The molecule has 154 valence electrons. The summed E-state index contributed by atoms with van der Waals surface area (Å²) in [6.07, 6.45) is 12.6. The number of hydrogen-bond donors (Lipinski definition) is 2. The topological polar surface area (TPSA) is 75.4 Å². The van der Waals surface area contributed by atoms with Crippen molar-refractivity contribution in [3.63, 3.8) is 0 Å². The van der Waals surface area contributed by atoms with E-state index in [9.17, 15) is 9.59 Å². The van der Waals surface area contributed by atoms with Crippen LogP contribution in [0.15, 0.2) is 30.3 Å². The summed E-state index contributed by atoms with van der Waals surface area (Å²) < 4.78 is 0. The number of carbonyl (C=O) groups is 2. The van der Waals surface area contributed by atoms with Gasteiger partial charge in [0.2, 0.25) is 5.91 Å². The van der Waals surface area contributed by atoms with Crippen molar-refractivity contribution in [1.29, 1.82) is 0 Å². The smallest absolute Gasteiger partial charge is 0.322 e. The molecule has 2 saturated carbocycles. The second-order valence-corrected chi connectivity index (χ2v) is 8.50. The van der Waals surface area contributed by atoms with Crippen LogP contribution in [0.25, 0.3) is 0 Å². The van der Waals surface area contributed by atoms with Gasteiger partial charge in [-0.05, 0) is 43.7 Å². The van der Waals surface area contributed by atoms with Crippen molar-refractivity contribution in [1.82, 2.24) is 4.90 Å². The molecule has 0 spiro atoms. The van der Waals surface area contributed by atoms with Gasteiger partial charge in [-0.15, -0.1) is 0 Å². The third-order valence-electron chi connectivity index (χ3n) is 6.52. The number of carbonyl (C=O) groups excluding carboxylic acids is 2. The van der Waals surface area contributed by atoms with Crippen LogP contribution in [0.5, 0.6) is 0 Å². The highest BCUT2D eigenvalue weighted by Crippen LogP contribution is 2.31. The predicted molar refractivity (Wildman–Crippen MR) is 113 cm³/mol. The Morgan fingerprint density at radius 1 is 0.964 bits per heavy atom. The van der Waals surface area contributed by atoms with Crippen LogP contribution in [0.2, 0.25) is 0 Å². The number of rotatable bonds is 7. The highest BCUT2D eigenvalue weighted by molar-refractivity contribution is 5.90. The monoisotopic (exact) mass is 385 g/mol. The summed E-state index contributed by atoms with van der Waals surface area (Å²) in [5.41, 5.74) is 6.48. The van der Waals surface area contributed by atoms with Gasteiger partial charge in [-0.3, -0.25) is 4.79 Å². The van der Waals surface area contributed by atoms with E-state index in [0.717, 1.165) is 43.7 Å². The maximum atomic E-state index is 13.1. The minimum Gasteiger partial charge on any atom is -0.369 e. The summed E-state index contributed by atoms with van der Waals surface area (Å²) in [7, 11) is 0. The molecular formula is C23H35N3O2. The molecule has 0 heterocycles. The van der Waals surface area contributed by atoms with Gasteiger partial charge in [0.15, 0.2) is 0 Å². The molecule has 3 N–H and O–H groups in total. The third-order valence-corrected chi connectivity index (χ3v) is 6.52. The number of benzene rings is 1. The van der Waals surface area contributed by atoms with Gasteiger partial charge in [0.25, 0.3) is 0 Å². The van der Waals surface area contributed by atoms with Crippen molar-refractivity contribution in [2.75, 3.05) is 11.9 Å². The van der Waals surface area contributed by atoms with E-state index in [-0.39, 0.29) is 23.9 Å². The molecule has 5 nitrogen and oxygen atoms in total. The number of amides is 3. The Morgan fingerprint density at radius 3 is 2.36 bits per heavy atom. The van der Waals surface area contributed by atoms with E-state index in [0.29, 0.717) is 6.54 Å². The zero-order valence-electron chi connectivity index (χ0n) is 16.9. The largest absolute Gasteiger partial charge is 0.369 e. The molecule has 2 atom stereocenters. The van der Waals surface area contributed by atoms with E-state index in [1.807, 2.05) is 35.2 Å². The van der Waals surface area contributed by atoms with Crippen LogP contribution in [0, 0.1) is 11.8 Å². The van der Waals surface area contributed by atoms with Crippen LogP contribution < -0.4 is 11.1 Å². The van der Waals surface area contributed by atoms with Gasteiger partial charge in [0.1, 0.15) is 0 Å². The molecule has 0 bridgehead atoms. The molecule has 0 aromatic heterocycles. The zero-order valence-corrected chi connectivity index (χ0v) is 16.9. The quantitative estimate of drug-likeness (QED) is 0.698. The van der Waals surface area contributed by atoms with E-state index in [1.165, 1.54) is 38.5 Å². The molecule has 3 amide bonds. The molecule has 2 fully saturated rings. The SMILES string of the molecule is NC(=O)C1CCCCC1N(CCCC1CCCCC1)C(=O)Nc1ccccc1. The van der Waals surface area contributed by atoms with Crippen molar-refractivity contribution in [3.05, 3.63) is 30.3 Å². The van der Waals surface area contributed by atoms with E-state index >= 15 is 0 Å². The summed E-state index contributed by atoms with van der Waals surface area (Å²) in [5.74, 6) is 0.297. The highest BCUT2D eigenvalue weighted by atomic mass is 16.2. The molecule has 5 heteroatoms. The van der Waals surface area contributed by atoms with Gasteiger partial charge in [-0.2, -0.15) is 0 Å². The lowest BCUT2D eigenvalue weighted by atomic mass is 9.82. The number of nitrogens with one attached hydrogen (secondary N) is 1. The fourth-order valence-corrected chi connectivity index (χ4v) is 4.98. The van der Waals surface area contributed by atoms with Crippen molar-refractivity contribution in [2.24, 2.45) is 17.6 Å². The molecule has 0 saturated heterocycles. The summed E-state index contributed by atoms with van der Waals surface area (Å²) in [5, 5.41) is 3.02. The van der Waals surface area contributed by atoms with Crippen LogP contribution in [0.3, 0.4) is 0 Å². The van der Waals surface area contributed by atoms with Crippen LogP contribution in [0.4, 0.5) is 10.5 Å². The molecule has 2 aliphatic carbocycles. The molecule has 2 aliphatic rings. The van der Waals surface area contributed by atoms with Crippen molar-refractivity contribution < 1.29 is 9.59 Å². The minimum atomic E-state index is -0.269. The lowest BCUT2D eigenvalue weighted by Crippen LogP contribution is -2.51. The lowest BCUT2D eigenvalue weighted by Gasteiger charge is -2.39. The fourth-order valence-electron chi connectivity index (χ4n) is 4.98. The Morgan fingerprint density at radius 2 is 1.64 bits per heavy atom. The molecule has 0 aliphatic heterocycles. The molecule has 1 aromatic rings. The summed E-state index contributed by atoms with van der Waals surface area (Å²) >= 11 is 0. The second kappa shape index (κ2) is 10.5. The Kier molecular flexibility index (Phi) is 7.75. The number of urea groups is 1. The number of nitrogens with two attached hydrogens (primary N) is 1. The molecule has 3 rings (SSSR count). The van der Waals surface area contributed by atoms with Crippen molar-refractivity contribution >= 4 is 17.6 Å². The minimum absolute atomic E-state index is 0.0821.